The Morgan fingerprint density at radius 1 is 1.11 bits per heavy atom. The second kappa shape index (κ2) is 9.62. The fourth-order valence-corrected chi connectivity index (χ4v) is 3.65. The van der Waals surface area contributed by atoms with E-state index in [1.54, 1.807) is 44.8 Å². The summed E-state index contributed by atoms with van der Waals surface area (Å²) in [7, 11) is 4.64. The molecule has 7 heteroatoms. The van der Waals surface area contributed by atoms with Gasteiger partial charge in [0.2, 0.25) is 11.7 Å². The lowest BCUT2D eigenvalue weighted by Gasteiger charge is -2.25. The fourth-order valence-electron chi connectivity index (χ4n) is 2.73. The zero-order valence-electron chi connectivity index (χ0n) is 16.8. The minimum absolute atomic E-state index is 0.0914. The van der Waals surface area contributed by atoms with Crippen LogP contribution in [0.25, 0.3) is 0 Å². The zero-order chi connectivity index (χ0) is 20.0. The number of aryl methyl sites for hydroxylation is 1. The van der Waals surface area contributed by atoms with Crippen molar-refractivity contribution in [3.8, 4) is 17.2 Å². The zero-order valence-corrected chi connectivity index (χ0v) is 17.6. The number of ether oxygens (including phenoxy) is 3. The maximum absolute atomic E-state index is 12.6. The van der Waals surface area contributed by atoms with Gasteiger partial charge in [0.15, 0.2) is 11.5 Å². The predicted octanol–water partition coefficient (Wildman–Crippen LogP) is 3.93. The molecule has 1 aromatic carbocycles. The Hall–Kier alpha value is -2.25. The van der Waals surface area contributed by atoms with Crippen LogP contribution in [-0.2, 0) is 11.3 Å². The number of methoxy groups -OCH3 is 3. The molecular weight excluding hydrogens is 364 g/mol. The van der Waals surface area contributed by atoms with Crippen LogP contribution < -0.4 is 19.5 Å². The van der Waals surface area contributed by atoms with Gasteiger partial charge in [-0.05, 0) is 32.9 Å². The lowest BCUT2D eigenvalue weighted by atomic mass is 10.2. The number of nitrogens with zero attached hydrogens (tertiary/aromatic N) is 1. The van der Waals surface area contributed by atoms with Crippen molar-refractivity contribution in [1.82, 2.24) is 4.90 Å². The Labute approximate surface area is 165 Å². The molecule has 6 nitrogen and oxygen atoms in total. The molecule has 0 bridgehead atoms. The average Bonchev–Trinajstić information content (AvgIpc) is 3.04. The smallest absolute Gasteiger partial charge is 0.238 e. The summed E-state index contributed by atoms with van der Waals surface area (Å²) in [4.78, 5) is 17.3. The van der Waals surface area contributed by atoms with Crippen molar-refractivity contribution < 1.29 is 19.0 Å². The Kier molecular flexibility index (Phi) is 7.50. The predicted molar refractivity (Wildman–Crippen MR) is 109 cm³/mol. The quantitative estimate of drug-likeness (QED) is 0.701. The number of nitrogens with one attached hydrogen (secondary N) is 1. The number of carbonyl (C=O) groups excluding carboxylic acids is 1. The topological polar surface area (TPSA) is 60.0 Å². The van der Waals surface area contributed by atoms with Crippen LogP contribution >= 0.6 is 11.3 Å². The van der Waals surface area contributed by atoms with E-state index in [-0.39, 0.29) is 11.9 Å². The number of rotatable bonds is 9. The number of hydrogen-bond acceptors (Lipinski definition) is 6. The Balaban J connectivity index is 2.10. The molecule has 1 N–H and O–H groups in total. The second-order valence-corrected chi connectivity index (χ2v) is 7.85. The summed E-state index contributed by atoms with van der Waals surface area (Å²) < 4.78 is 16.0. The van der Waals surface area contributed by atoms with Gasteiger partial charge in [-0.15, -0.1) is 11.3 Å². The first-order chi connectivity index (χ1) is 12.9. The summed E-state index contributed by atoms with van der Waals surface area (Å²) in [5.74, 6) is 1.41. The van der Waals surface area contributed by atoms with Crippen molar-refractivity contribution in [3.05, 3.63) is 34.0 Å². The van der Waals surface area contributed by atoms with E-state index < -0.39 is 0 Å². The van der Waals surface area contributed by atoms with Gasteiger partial charge in [0, 0.05) is 40.2 Å². The third-order valence-corrected chi connectivity index (χ3v) is 5.17. The minimum atomic E-state index is -0.0914. The van der Waals surface area contributed by atoms with Crippen LogP contribution in [0.15, 0.2) is 24.3 Å². The summed E-state index contributed by atoms with van der Waals surface area (Å²) in [6.45, 7) is 7.32. The van der Waals surface area contributed by atoms with Crippen molar-refractivity contribution in [2.24, 2.45) is 0 Å². The normalized spacial score (nSPS) is 11.0. The van der Waals surface area contributed by atoms with Gasteiger partial charge >= 0.3 is 0 Å². The summed E-state index contributed by atoms with van der Waals surface area (Å²) in [6.07, 6.45) is 0. The van der Waals surface area contributed by atoms with Crippen molar-refractivity contribution in [2.75, 3.05) is 33.2 Å². The molecule has 1 aromatic heterocycles. The first kappa shape index (κ1) is 21.1. The SMILES string of the molecule is COc1cc(NC(=O)CN(Cc2ccc(C)s2)C(C)C)cc(OC)c1OC. The summed E-state index contributed by atoms with van der Waals surface area (Å²) in [5, 5.41) is 2.93. The van der Waals surface area contributed by atoms with Crippen LogP contribution in [0, 0.1) is 6.92 Å². The number of anilines is 1. The highest BCUT2D eigenvalue weighted by molar-refractivity contribution is 7.11. The van der Waals surface area contributed by atoms with Gasteiger partial charge in [0.25, 0.3) is 0 Å². The molecule has 2 rings (SSSR count). The van der Waals surface area contributed by atoms with Crippen molar-refractivity contribution in [1.29, 1.82) is 0 Å². The number of benzene rings is 1. The molecule has 0 saturated heterocycles. The van der Waals surface area contributed by atoms with Crippen molar-refractivity contribution >= 4 is 22.9 Å². The largest absolute Gasteiger partial charge is 0.493 e. The van der Waals surface area contributed by atoms with E-state index in [1.165, 1.54) is 9.75 Å². The third-order valence-electron chi connectivity index (χ3n) is 4.18. The molecule has 0 aliphatic rings. The highest BCUT2D eigenvalue weighted by Crippen LogP contribution is 2.39. The van der Waals surface area contributed by atoms with Crippen LogP contribution in [0.1, 0.15) is 23.6 Å². The maximum Gasteiger partial charge on any atom is 0.238 e. The third kappa shape index (κ3) is 5.61. The fraction of sp³-hybridized carbons (Fsp3) is 0.450. The standard InChI is InChI=1S/C20H28N2O4S/c1-13(2)22(11-16-8-7-14(3)27-16)12-19(23)21-15-9-17(24-4)20(26-6)18(10-15)25-5/h7-10,13H,11-12H2,1-6H3,(H,21,23). The average molecular weight is 393 g/mol. The van der Waals surface area contributed by atoms with E-state index in [2.05, 4.69) is 43.1 Å². The molecule has 0 radical (unpaired) electrons. The van der Waals surface area contributed by atoms with Gasteiger partial charge in [-0.25, -0.2) is 0 Å². The van der Waals surface area contributed by atoms with Gasteiger partial charge in [-0.2, -0.15) is 0 Å². The van der Waals surface area contributed by atoms with Gasteiger partial charge in [-0.3, -0.25) is 9.69 Å². The Morgan fingerprint density at radius 2 is 1.74 bits per heavy atom. The molecule has 0 unspecified atom stereocenters. The molecule has 0 saturated carbocycles. The molecule has 2 aromatic rings. The molecule has 1 amide bonds. The maximum atomic E-state index is 12.6. The van der Waals surface area contributed by atoms with E-state index in [1.807, 2.05) is 0 Å². The lowest BCUT2D eigenvalue weighted by Crippen LogP contribution is -2.37. The van der Waals surface area contributed by atoms with Crippen LogP contribution in [0.5, 0.6) is 17.2 Å². The molecule has 0 aliphatic carbocycles. The number of carbonyl (C=O) groups is 1. The number of amides is 1. The van der Waals surface area contributed by atoms with Crippen LogP contribution in [0.4, 0.5) is 5.69 Å². The molecule has 148 valence electrons. The molecule has 0 spiro atoms. The van der Waals surface area contributed by atoms with Crippen molar-refractivity contribution in [3.63, 3.8) is 0 Å². The van der Waals surface area contributed by atoms with Crippen molar-refractivity contribution in [2.45, 2.75) is 33.4 Å². The van der Waals surface area contributed by atoms with Crippen LogP contribution in [0.2, 0.25) is 0 Å². The first-order valence-electron chi connectivity index (χ1n) is 8.77. The van der Waals surface area contributed by atoms with Gasteiger partial charge < -0.3 is 19.5 Å². The monoisotopic (exact) mass is 392 g/mol. The number of hydrogen-bond donors (Lipinski definition) is 1. The minimum Gasteiger partial charge on any atom is -0.493 e. The molecule has 0 fully saturated rings. The Morgan fingerprint density at radius 3 is 2.19 bits per heavy atom. The highest BCUT2D eigenvalue weighted by atomic mass is 32.1. The first-order valence-corrected chi connectivity index (χ1v) is 9.58. The second-order valence-electron chi connectivity index (χ2n) is 6.47. The molecule has 0 aliphatic heterocycles. The molecule has 0 atom stereocenters. The van der Waals surface area contributed by atoms with E-state index in [4.69, 9.17) is 14.2 Å². The van der Waals surface area contributed by atoms with E-state index in [9.17, 15) is 4.79 Å². The number of thiophene rings is 1. The summed E-state index contributed by atoms with van der Waals surface area (Å²) in [5.41, 5.74) is 0.602. The van der Waals surface area contributed by atoms with Crippen LogP contribution in [0.3, 0.4) is 0 Å². The van der Waals surface area contributed by atoms with E-state index in [0.29, 0.717) is 29.5 Å². The van der Waals surface area contributed by atoms with Gasteiger partial charge in [0.05, 0.1) is 27.9 Å². The lowest BCUT2D eigenvalue weighted by molar-refractivity contribution is -0.117. The van der Waals surface area contributed by atoms with Gasteiger partial charge in [-0.1, -0.05) is 0 Å². The van der Waals surface area contributed by atoms with E-state index >= 15 is 0 Å². The summed E-state index contributed by atoms with van der Waals surface area (Å²) >= 11 is 1.76. The highest BCUT2D eigenvalue weighted by Gasteiger charge is 2.18. The molecule has 1 heterocycles. The molecule has 27 heavy (non-hydrogen) atoms. The van der Waals surface area contributed by atoms with Crippen LogP contribution in [-0.4, -0.2) is 44.7 Å². The molecular formula is C20H28N2O4S. The van der Waals surface area contributed by atoms with Gasteiger partial charge in [0.1, 0.15) is 0 Å². The Bertz CT molecular complexity index is 748. The summed E-state index contributed by atoms with van der Waals surface area (Å²) in [6, 6.07) is 7.92. The van der Waals surface area contributed by atoms with E-state index in [0.717, 1.165) is 6.54 Å².